The van der Waals surface area contributed by atoms with Crippen molar-refractivity contribution in [1.29, 1.82) is 0 Å². The van der Waals surface area contributed by atoms with Gasteiger partial charge < -0.3 is 10.6 Å². The molecule has 0 aromatic heterocycles. The van der Waals surface area contributed by atoms with Crippen LogP contribution in [0, 0.1) is 5.82 Å². The van der Waals surface area contributed by atoms with Gasteiger partial charge in [0.25, 0.3) is 0 Å². The van der Waals surface area contributed by atoms with Gasteiger partial charge in [0, 0.05) is 0 Å². The summed E-state index contributed by atoms with van der Waals surface area (Å²) < 4.78 is 13.0. The van der Waals surface area contributed by atoms with Crippen molar-refractivity contribution in [2.75, 3.05) is 11.9 Å². The first-order chi connectivity index (χ1) is 11.0. The minimum absolute atomic E-state index is 0.0160. The first-order valence-corrected chi connectivity index (χ1v) is 7.46. The summed E-state index contributed by atoms with van der Waals surface area (Å²) in [6.07, 6.45) is -0.0160. The number of carbonyl (C=O) groups is 2. The van der Waals surface area contributed by atoms with Crippen LogP contribution in [0.4, 0.5) is 10.1 Å². The van der Waals surface area contributed by atoms with Gasteiger partial charge in [0.15, 0.2) is 0 Å². The van der Waals surface area contributed by atoms with Gasteiger partial charge in [0.1, 0.15) is 5.82 Å². The average molecular weight is 355 g/mol. The third-order valence-electron chi connectivity index (χ3n) is 2.93. The number of halogens is 3. The fraction of sp³-hybridized carbons (Fsp3) is 0.125. The fourth-order valence-corrected chi connectivity index (χ4v) is 2.37. The lowest BCUT2D eigenvalue weighted by atomic mass is 10.1. The zero-order chi connectivity index (χ0) is 16.8. The van der Waals surface area contributed by atoms with Crippen LogP contribution in [0.5, 0.6) is 0 Å². The smallest absolute Gasteiger partial charge is 0.243 e. The molecular weight excluding hydrogens is 342 g/mol. The quantitative estimate of drug-likeness (QED) is 0.863. The highest BCUT2D eigenvalue weighted by molar-refractivity contribution is 6.39. The maximum absolute atomic E-state index is 13.0. The van der Waals surface area contributed by atoms with E-state index in [1.807, 2.05) is 0 Å². The number of para-hydroxylation sites is 1. The Balaban J connectivity index is 1.85. The van der Waals surface area contributed by atoms with E-state index >= 15 is 0 Å². The maximum Gasteiger partial charge on any atom is 0.243 e. The van der Waals surface area contributed by atoms with Crippen LogP contribution in [-0.4, -0.2) is 18.4 Å². The lowest BCUT2D eigenvalue weighted by Crippen LogP contribution is -2.33. The highest BCUT2D eigenvalue weighted by atomic mass is 35.5. The maximum atomic E-state index is 13.0. The molecule has 7 heteroatoms. The Bertz CT molecular complexity index is 718. The Kier molecular flexibility index (Phi) is 5.96. The Labute approximate surface area is 142 Å². The van der Waals surface area contributed by atoms with Crippen molar-refractivity contribution in [1.82, 2.24) is 5.32 Å². The topological polar surface area (TPSA) is 58.2 Å². The van der Waals surface area contributed by atoms with Crippen LogP contribution in [0.15, 0.2) is 42.5 Å². The summed E-state index contributed by atoms with van der Waals surface area (Å²) in [5.41, 5.74) is 0.817. The number of amides is 2. The monoisotopic (exact) mass is 354 g/mol. The van der Waals surface area contributed by atoms with Crippen molar-refractivity contribution in [2.24, 2.45) is 0 Å². The van der Waals surface area contributed by atoms with E-state index in [2.05, 4.69) is 10.6 Å². The van der Waals surface area contributed by atoms with Crippen LogP contribution in [0.25, 0.3) is 0 Å². The molecule has 0 heterocycles. The van der Waals surface area contributed by atoms with E-state index in [1.54, 1.807) is 24.3 Å². The van der Waals surface area contributed by atoms with Crippen LogP contribution in [-0.2, 0) is 16.0 Å². The van der Waals surface area contributed by atoms with Crippen LogP contribution in [0.2, 0.25) is 10.0 Å². The van der Waals surface area contributed by atoms with Crippen molar-refractivity contribution < 1.29 is 14.0 Å². The largest absolute Gasteiger partial charge is 0.347 e. The molecule has 0 saturated heterocycles. The number of nitrogens with one attached hydrogen (secondary N) is 2. The molecule has 2 amide bonds. The lowest BCUT2D eigenvalue weighted by molar-refractivity contribution is -0.123. The van der Waals surface area contributed by atoms with Gasteiger partial charge in [-0.05, 0) is 29.8 Å². The molecule has 0 saturated carbocycles. The first kappa shape index (κ1) is 17.2. The lowest BCUT2D eigenvalue weighted by Gasteiger charge is -2.10. The molecule has 23 heavy (non-hydrogen) atoms. The van der Waals surface area contributed by atoms with Crippen molar-refractivity contribution >= 4 is 40.7 Å². The van der Waals surface area contributed by atoms with Gasteiger partial charge in [-0.15, -0.1) is 0 Å². The molecule has 0 aliphatic heterocycles. The fourth-order valence-electron chi connectivity index (χ4n) is 1.87. The van der Waals surface area contributed by atoms with Crippen molar-refractivity contribution in [3.63, 3.8) is 0 Å². The summed E-state index contributed by atoms with van der Waals surface area (Å²) in [7, 11) is 0. The Morgan fingerprint density at radius 2 is 1.65 bits per heavy atom. The van der Waals surface area contributed by atoms with Crippen LogP contribution in [0.1, 0.15) is 5.56 Å². The first-order valence-electron chi connectivity index (χ1n) is 6.70. The number of benzene rings is 2. The third kappa shape index (κ3) is 5.23. The van der Waals surface area contributed by atoms with Crippen LogP contribution >= 0.6 is 23.2 Å². The zero-order valence-electron chi connectivity index (χ0n) is 11.9. The zero-order valence-corrected chi connectivity index (χ0v) is 13.4. The van der Waals surface area contributed by atoms with Gasteiger partial charge in [-0.1, -0.05) is 41.4 Å². The second-order valence-corrected chi connectivity index (χ2v) is 5.54. The van der Waals surface area contributed by atoms with Gasteiger partial charge in [-0.3, -0.25) is 9.59 Å². The number of carbonyl (C=O) groups excluding carboxylic acids is 2. The number of hydrogen-bond donors (Lipinski definition) is 2. The van der Waals surface area contributed by atoms with E-state index in [0.717, 1.165) is 0 Å². The summed E-state index contributed by atoms with van der Waals surface area (Å²) in [4.78, 5) is 23.6. The molecule has 2 N–H and O–H groups in total. The summed E-state index contributed by atoms with van der Waals surface area (Å²) in [5.74, 6) is -1.27. The number of hydrogen-bond acceptors (Lipinski definition) is 2. The predicted octanol–water partition coefficient (Wildman–Crippen LogP) is 3.43. The van der Waals surface area contributed by atoms with E-state index in [4.69, 9.17) is 23.2 Å². The summed E-state index contributed by atoms with van der Waals surface area (Å²) >= 11 is 11.9. The molecule has 0 atom stereocenters. The highest BCUT2D eigenvalue weighted by Crippen LogP contribution is 2.29. The van der Waals surface area contributed by atoms with E-state index in [0.29, 0.717) is 21.3 Å². The molecule has 120 valence electrons. The Hall–Kier alpha value is -2.11. The molecule has 4 nitrogen and oxygen atoms in total. The third-order valence-corrected chi connectivity index (χ3v) is 3.56. The van der Waals surface area contributed by atoms with Gasteiger partial charge in [-0.2, -0.15) is 0 Å². The Morgan fingerprint density at radius 1 is 1.00 bits per heavy atom. The standard InChI is InChI=1S/C16H13Cl2FN2O2/c17-12-5-2-6-13(18)16(12)21-15(23)9-20-14(22)8-10-3-1-4-11(19)7-10/h1-7H,8-9H2,(H,20,22)(H,21,23). The SMILES string of the molecule is O=C(Cc1cccc(F)c1)NCC(=O)Nc1c(Cl)cccc1Cl. The number of anilines is 1. The molecule has 2 aromatic carbocycles. The molecule has 0 spiro atoms. The molecule has 2 aromatic rings. The predicted molar refractivity (Wildman–Crippen MR) is 88.2 cm³/mol. The van der Waals surface area contributed by atoms with Gasteiger partial charge in [0.05, 0.1) is 28.7 Å². The minimum Gasteiger partial charge on any atom is -0.347 e. The molecule has 0 fully saturated rings. The van der Waals surface area contributed by atoms with E-state index in [9.17, 15) is 14.0 Å². The molecule has 0 radical (unpaired) electrons. The van der Waals surface area contributed by atoms with Gasteiger partial charge >= 0.3 is 0 Å². The Morgan fingerprint density at radius 3 is 2.30 bits per heavy atom. The van der Waals surface area contributed by atoms with Crippen molar-refractivity contribution in [3.05, 3.63) is 63.9 Å². The molecule has 0 unspecified atom stereocenters. The van der Waals surface area contributed by atoms with Gasteiger partial charge in [0.2, 0.25) is 11.8 Å². The molecular formula is C16H13Cl2FN2O2. The summed E-state index contributed by atoms with van der Waals surface area (Å²) in [6.45, 7) is -0.240. The minimum atomic E-state index is -0.465. The summed E-state index contributed by atoms with van der Waals surface area (Å²) in [6, 6.07) is 10.5. The molecule has 0 aliphatic carbocycles. The van der Waals surface area contributed by atoms with Crippen molar-refractivity contribution in [3.8, 4) is 0 Å². The van der Waals surface area contributed by atoms with E-state index in [-0.39, 0.29) is 13.0 Å². The van der Waals surface area contributed by atoms with E-state index < -0.39 is 17.6 Å². The molecule has 2 rings (SSSR count). The second-order valence-electron chi connectivity index (χ2n) is 4.73. The van der Waals surface area contributed by atoms with Gasteiger partial charge in [-0.25, -0.2) is 4.39 Å². The highest BCUT2D eigenvalue weighted by Gasteiger charge is 2.11. The summed E-state index contributed by atoms with van der Waals surface area (Å²) in [5, 5.41) is 5.58. The molecule has 0 aliphatic rings. The number of rotatable bonds is 5. The van der Waals surface area contributed by atoms with E-state index in [1.165, 1.54) is 18.2 Å². The second kappa shape index (κ2) is 7.94. The van der Waals surface area contributed by atoms with Crippen LogP contribution in [0.3, 0.4) is 0 Å². The van der Waals surface area contributed by atoms with Crippen LogP contribution < -0.4 is 10.6 Å². The van der Waals surface area contributed by atoms with Crippen molar-refractivity contribution in [2.45, 2.75) is 6.42 Å². The average Bonchev–Trinajstić information content (AvgIpc) is 2.49. The molecule has 0 bridgehead atoms. The normalized spacial score (nSPS) is 10.2.